The Labute approximate surface area is 98.4 Å². The molecule has 15 heavy (non-hydrogen) atoms. The minimum absolute atomic E-state index is 0.0125. The summed E-state index contributed by atoms with van der Waals surface area (Å²) in [5, 5.41) is 2.57. The highest BCUT2D eigenvalue weighted by Gasteiger charge is 2.16. The van der Waals surface area contributed by atoms with Crippen molar-refractivity contribution in [2.75, 3.05) is 19.8 Å². The molecule has 0 radical (unpaired) electrons. The third-order valence-electron chi connectivity index (χ3n) is 1.90. The highest BCUT2D eigenvalue weighted by atomic mass is 32.1. The van der Waals surface area contributed by atoms with Gasteiger partial charge < -0.3 is 10.1 Å². The standard InChI is InChI=1S/C11H23NO2S/c1-8(2)7-14-6-5-12-11(13)10(15)9(3)4/h8-10,15H,5-7H2,1-4H3,(H,12,13). The molecule has 0 aliphatic carbocycles. The zero-order valence-corrected chi connectivity index (χ0v) is 11.0. The summed E-state index contributed by atoms with van der Waals surface area (Å²) in [4.78, 5) is 11.4. The van der Waals surface area contributed by atoms with Gasteiger partial charge in [-0.2, -0.15) is 12.6 Å². The van der Waals surface area contributed by atoms with Crippen LogP contribution in [0.1, 0.15) is 27.7 Å². The van der Waals surface area contributed by atoms with E-state index in [0.717, 1.165) is 6.61 Å². The maximum atomic E-state index is 11.4. The minimum Gasteiger partial charge on any atom is -0.379 e. The lowest BCUT2D eigenvalue weighted by atomic mass is 10.1. The van der Waals surface area contributed by atoms with E-state index in [4.69, 9.17) is 4.74 Å². The molecule has 0 heterocycles. The molecule has 0 aliphatic heterocycles. The van der Waals surface area contributed by atoms with Crippen LogP contribution in [-0.4, -0.2) is 30.9 Å². The van der Waals surface area contributed by atoms with Gasteiger partial charge >= 0.3 is 0 Å². The van der Waals surface area contributed by atoms with Crippen LogP contribution in [0, 0.1) is 11.8 Å². The van der Waals surface area contributed by atoms with E-state index < -0.39 is 0 Å². The fourth-order valence-corrected chi connectivity index (χ4v) is 1.06. The Morgan fingerprint density at radius 2 is 1.93 bits per heavy atom. The SMILES string of the molecule is CC(C)COCCNC(=O)C(S)C(C)C. The average molecular weight is 233 g/mol. The van der Waals surface area contributed by atoms with Crippen molar-refractivity contribution in [1.29, 1.82) is 0 Å². The summed E-state index contributed by atoms with van der Waals surface area (Å²) in [5.41, 5.74) is 0. The molecule has 1 amide bonds. The van der Waals surface area contributed by atoms with Crippen molar-refractivity contribution >= 4 is 18.5 Å². The Hall–Kier alpha value is -0.220. The molecule has 0 spiro atoms. The lowest BCUT2D eigenvalue weighted by Gasteiger charge is -2.14. The Kier molecular flexibility index (Phi) is 7.88. The molecule has 90 valence electrons. The molecule has 0 aromatic heterocycles. The summed E-state index contributed by atoms with van der Waals surface area (Å²) < 4.78 is 5.35. The zero-order valence-electron chi connectivity index (χ0n) is 10.1. The number of hydrogen-bond donors (Lipinski definition) is 2. The number of carbonyl (C=O) groups excluding carboxylic acids is 1. The minimum atomic E-state index is -0.227. The van der Waals surface area contributed by atoms with Crippen LogP contribution in [-0.2, 0) is 9.53 Å². The van der Waals surface area contributed by atoms with E-state index >= 15 is 0 Å². The van der Waals surface area contributed by atoms with E-state index in [1.165, 1.54) is 0 Å². The third-order valence-corrected chi connectivity index (χ3v) is 2.73. The molecule has 0 saturated carbocycles. The molecule has 0 bridgehead atoms. The van der Waals surface area contributed by atoms with Crippen LogP contribution in [0.3, 0.4) is 0 Å². The van der Waals surface area contributed by atoms with Gasteiger partial charge in [-0.25, -0.2) is 0 Å². The van der Waals surface area contributed by atoms with Crippen molar-refractivity contribution < 1.29 is 9.53 Å². The highest BCUT2D eigenvalue weighted by Crippen LogP contribution is 2.08. The fraction of sp³-hybridized carbons (Fsp3) is 0.909. The van der Waals surface area contributed by atoms with Gasteiger partial charge in [0.25, 0.3) is 0 Å². The maximum Gasteiger partial charge on any atom is 0.233 e. The van der Waals surface area contributed by atoms with Gasteiger partial charge in [0.15, 0.2) is 0 Å². The van der Waals surface area contributed by atoms with E-state index in [9.17, 15) is 4.79 Å². The van der Waals surface area contributed by atoms with Gasteiger partial charge in [0.1, 0.15) is 0 Å². The molecule has 0 fully saturated rings. The number of carbonyl (C=O) groups is 1. The van der Waals surface area contributed by atoms with Crippen molar-refractivity contribution in [3.8, 4) is 0 Å². The number of rotatable bonds is 7. The van der Waals surface area contributed by atoms with Crippen molar-refractivity contribution in [3.05, 3.63) is 0 Å². The lowest BCUT2D eigenvalue weighted by molar-refractivity contribution is -0.121. The van der Waals surface area contributed by atoms with Crippen LogP contribution in [0.25, 0.3) is 0 Å². The molecule has 0 aromatic carbocycles. The summed E-state index contributed by atoms with van der Waals surface area (Å²) in [7, 11) is 0. The molecule has 3 nitrogen and oxygen atoms in total. The van der Waals surface area contributed by atoms with E-state index in [1.807, 2.05) is 13.8 Å². The molecule has 0 rings (SSSR count). The van der Waals surface area contributed by atoms with Crippen LogP contribution < -0.4 is 5.32 Å². The Balaban J connectivity index is 3.47. The predicted octanol–water partition coefficient (Wildman–Crippen LogP) is 1.73. The van der Waals surface area contributed by atoms with Gasteiger partial charge in [-0.1, -0.05) is 27.7 Å². The van der Waals surface area contributed by atoms with Crippen molar-refractivity contribution in [3.63, 3.8) is 0 Å². The number of hydrogen-bond acceptors (Lipinski definition) is 3. The van der Waals surface area contributed by atoms with Crippen LogP contribution >= 0.6 is 12.6 Å². The second-order valence-electron chi connectivity index (χ2n) is 4.45. The van der Waals surface area contributed by atoms with Crippen LogP contribution in [0.5, 0.6) is 0 Å². The van der Waals surface area contributed by atoms with Crippen molar-refractivity contribution in [2.24, 2.45) is 11.8 Å². The molecule has 1 atom stereocenters. The average Bonchev–Trinajstić information content (AvgIpc) is 2.15. The van der Waals surface area contributed by atoms with E-state index in [1.54, 1.807) is 0 Å². The summed E-state index contributed by atoms with van der Waals surface area (Å²) in [6.07, 6.45) is 0. The smallest absolute Gasteiger partial charge is 0.233 e. The zero-order chi connectivity index (χ0) is 11.8. The number of nitrogens with one attached hydrogen (secondary N) is 1. The number of ether oxygens (including phenoxy) is 1. The first kappa shape index (κ1) is 14.8. The quantitative estimate of drug-likeness (QED) is 0.519. The van der Waals surface area contributed by atoms with Gasteiger partial charge in [-0.05, 0) is 11.8 Å². The highest BCUT2D eigenvalue weighted by molar-refractivity contribution is 7.81. The first-order chi connectivity index (χ1) is 6.95. The maximum absolute atomic E-state index is 11.4. The first-order valence-corrected chi connectivity index (χ1v) is 6.00. The third kappa shape index (κ3) is 7.68. The van der Waals surface area contributed by atoms with Crippen molar-refractivity contribution in [1.82, 2.24) is 5.32 Å². The molecule has 0 aliphatic rings. The molecular formula is C11H23NO2S. The summed E-state index contributed by atoms with van der Waals surface area (Å²) in [6.45, 7) is 10.0. The summed E-state index contributed by atoms with van der Waals surface area (Å²) in [6, 6.07) is 0. The van der Waals surface area contributed by atoms with E-state index in [0.29, 0.717) is 19.1 Å². The predicted molar refractivity (Wildman–Crippen MR) is 66.3 cm³/mol. The molecule has 1 N–H and O–H groups in total. The largest absolute Gasteiger partial charge is 0.379 e. The van der Waals surface area contributed by atoms with E-state index in [2.05, 4.69) is 31.8 Å². The van der Waals surface area contributed by atoms with E-state index in [-0.39, 0.29) is 17.1 Å². The first-order valence-electron chi connectivity index (χ1n) is 5.48. The van der Waals surface area contributed by atoms with Crippen LogP contribution in [0.2, 0.25) is 0 Å². The van der Waals surface area contributed by atoms with Gasteiger partial charge in [-0.3, -0.25) is 4.79 Å². The number of amides is 1. The molecular weight excluding hydrogens is 210 g/mol. The Bertz CT molecular complexity index is 183. The van der Waals surface area contributed by atoms with Gasteiger partial charge in [0, 0.05) is 13.2 Å². The monoisotopic (exact) mass is 233 g/mol. The molecule has 0 aromatic rings. The lowest BCUT2D eigenvalue weighted by Crippen LogP contribution is -2.36. The van der Waals surface area contributed by atoms with Crippen molar-refractivity contribution in [2.45, 2.75) is 32.9 Å². The molecule has 0 saturated heterocycles. The van der Waals surface area contributed by atoms with Crippen LogP contribution in [0.4, 0.5) is 0 Å². The molecule has 4 heteroatoms. The Morgan fingerprint density at radius 1 is 1.33 bits per heavy atom. The molecule has 1 unspecified atom stereocenters. The second-order valence-corrected chi connectivity index (χ2v) is 5.00. The normalized spacial score (nSPS) is 13.3. The summed E-state index contributed by atoms with van der Waals surface area (Å²) in [5.74, 6) is 0.778. The van der Waals surface area contributed by atoms with Gasteiger partial charge in [0.2, 0.25) is 5.91 Å². The fourth-order valence-electron chi connectivity index (χ4n) is 0.973. The Morgan fingerprint density at radius 3 is 2.40 bits per heavy atom. The topological polar surface area (TPSA) is 38.3 Å². The number of thiol groups is 1. The summed E-state index contributed by atoms with van der Waals surface area (Å²) >= 11 is 4.22. The van der Waals surface area contributed by atoms with Gasteiger partial charge in [-0.15, -0.1) is 0 Å². The van der Waals surface area contributed by atoms with Gasteiger partial charge in [0.05, 0.1) is 11.9 Å². The van der Waals surface area contributed by atoms with Crippen LogP contribution in [0.15, 0.2) is 0 Å². The second kappa shape index (κ2) is 7.99.